The minimum Gasteiger partial charge on any atom is -0.472 e. The average Bonchev–Trinajstić information content (AvgIpc) is 2.88. The maximum absolute atomic E-state index is 5.10. The third-order valence-electron chi connectivity index (χ3n) is 3.34. The largest absolute Gasteiger partial charge is 0.472 e. The zero-order valence-corrected chi connectivity index (χ0v) is 9.70. The first-order valence-corrected chi connectivity index (χ1v) is 6.07. The first-order valence-electron chi connectivity index (χ1n) is 6.07. The lowest BCUT2D eigenvalue weighted by Gasteiger charge is -2.21. The lowest BCUT2D eigenvalue weighted by atomic mass is 10.1. The van der Waals surface area contributed by atoms with E-state index in [0.29, 0.717) is 12.1 Å². The van der Waals surface area contributed by atoms with Gasteiger partial charge in [-0.25, -0.2) is 0 Å². The molecule has 0 radical (unpaired) electrons. The van der Waals surface area contributed by atoms with Crippen molar-refractivity contribution < 1.29 is 4.42 Å². The summed E-state index contributed by atoms with van der Waals surface area (Å²) in [6.45, 7) is 4.47. The number of hydrogen-bond donors (Lipinski definition) is 1. The molecule has 1 heterocycles. The van der Waals surface area contributed by atoms with E-state index in [4.69, 9.17) is 4.42 Å². The smallest absolute Gasteiger partial charge is 0.0950 e. The van der Waals surface area contributed by atoms with Crippen LogP contribution in [0.2, 0.25) is 0 Å². The molecule has 2 rings (SSSR count). The van der Waals surface area contributed by atoms with Gasteiger partial charge in [-0.1, -0.05) is 19.8 Å². The van der Waals surface area contributed by atoms with E-state index in [1.165, 1.54) is 31.2 Å². The monoisotopic (exact) mass is 207 g/mol. The number of rotatable bonds is 6. The summed E-state index contributed by atoms with van der Waals surface area (Å²) in [4.78, 5) is 0. The van der Waals surface area contributed by atoms with Crippen molar-refractivity contribution in [2.75, 3.05) is 0 Å². The van der Waals surface area contributed by atoms with Crippen LogP contribution in [0.4, 0.5) is 0 Å². The van der Waals surface area contributed by atoms with Crippen molar-refractivity contribution in [3.63, 3.8) is 0 Å². The van der Waals surface area contributed by atoms with Crippen LogP contribution >= 0.6 is 0 Å². The minimum absolute atomic E-state index is 0.410. The summed E-state index contributed by atoms with van der Waals surface area (Å²) < 4.78 is 5.10. The van der Waals surface area contributed by atoms with Crippen LogP contribution in [0, 0.1) is 5.92 Å². The zero-order chi connectivity index (χ0) is 10.7. The Labute approximate surface area is 92.1 Å². The van der Waals surface area contributed by atoms with Crippen molar-refractivity contribution >= 4 is 0 Å². The highest BCUT2D eigenvalue weighted by atomic mass is 16.3. The first-order chi connectivity index (χ1) is 7.29. The van der Waals surface area contributed by atoms with Crippen LogP contribution < -0.4 is 5.32 Å². The van der Waals surface area contributed by atoms with Gasteiger partial charge in [0.25, 0.3) is 0 Å². The summed E-state index contributed by atoms with van der Waals surface area (Å²) in [7, 11) is 0. The van der Waals surface area contributed by atoms with Gasteiger partial charge in [0.15, 0.2) is 0 Å². The Bertz CT molecular complexity index is 277. The molecule has 2 nitrogen and oxygen atoms in total. The van der Waals surface area contributed by atoms with Gasteiger partial charge in [-0.3, -0.25) is 0 Å². The van der Waals surface area contributed by atoms with Crippen LogP contribution in [0.3, 0.4) is 0 Å². The SMILES string of the molecule is CCC(CC1CC1)NC(C)c1ccoc1. The van der Waals surface area contributed by atoms with Gasteiger partial charge in [-0.2, -0.15) is 0 Å². The Morgan fingerprint density at radius 3 is 2.87 bits per heavy atom. The summed E-state index contributed by atoms with van der Waals surface area (Å²) in [6.07, 6.45) is 9.03. The second-order valence-corrected chi connectivity index (χ2v) is 4.73. The second kappa shape index (κ2) is 4.84. The quantitative estimate of drug-likeness (QED) is 0.772. The molecule has 1 aromatic rings. The van der Waals surface area contributed by atoms with Crippen molar-refractivity contribution in [2.45, 2.75) is 51.6 Å². The van der Waals surface area contributed by atoms with E-state index in [1.54, 1.807) is 6.26 Å². The molecule has 0 bridgehead atoms. The van der Waals surface area contributed by atoms with Crippen LogP contribution in [0.1, 0.15) is 51.1 Å². The molecule has 2 heteroatoms. The Kier molecular flexibility index (Phi) is 3.47. The van der Waals surface area contributed by atoms with Crippen LogP contribution in [0.25, 0.3) is 0 Å². The van der Waals surface area contributed by atoms with Gasteiger partial charge in [-0.05, 0) is 31.7 Å². The lowest BCUT2D eigenvalue weighted by Crippen LogP contribution is -2.31. The summed E-state index contributed by atoms with van der Waals surface area (Å²) in [5.74, 6) is 0.999. The van der Waals surface area contributed by atoms with E-state index < -0.39 is 0 Å². The molecule has 0 aliphatic heterocycles. The Morgan fingerprint density at radius 1 is 1.53 bits per heavy atom. The van der Waals surface area contributed by atoms with Gasteiger partial charge < -0.3 is 9.73 Å². The van der Waals surface area contributed by atoms with Gasteiger partial charge in [0.05, 0.1) is 12.5 Å². The molecule has 15 heavy (non-hydrogen) atoms. The maximum atomic E-state index is 5.10. The lowest BCUT2D eigenvalue weighted by molar-refractivity contribution is 0.402. The number of hydrogen-bond acceptors (Lipinski definition) is 2. The highest BCUT2D eigenvalue weighted by Crippen LogP contribution is 2.34. The van der Waals surface area contributed by atoms with Gasteiger partial charge in [0, 0.05) is 17.6 Å². The van der Waals surface area contributed by atoms with Crippen LogP contribution in [0.15, 0.2) is 23.0 Å². The molecule has 0 aromatic carbocycles. The van der Waals surface area contributed by atoms with Crippen molar-refractivity contribution in [1.82, 2.24) is 5.32 Å². The normalized spacial score (nSPS) is 20.1. The molecule has 1 saturated carbocycles. The van der Waals surface area contributed by atoms with E-state index in [9.17, 15) is 0 Å². The molecule has 1 aromatic heterocycles. The number of furan rings is 1. The predicted molar refractivity (Wildman–Crippen MR) is 61.7 cm³/mol. The second-order valence-electron chi connectivity index (χ2n) is 4.73. The zero-order valence-electron chi connectivity index (χ0n) is 9.70. The molecule has 0 amide bonds. The Morgan fingerprint density at radius 2 is 2.33 bits per heavy atom. The topological polar surface area (TPSA) is 25.2 Å². The summed E-state index contributed by atoms with van der Waals surface area (Å²) in [5, 5.41) is 3.68. The molecular formula is C13H21NO. The molecule has 1 aliphatic rings. The summed E-state index contributed by atoms with van der Waals surface area (Å²) in [6, 6.07) is 3.12. The summed E-state index contributed by atoms with van der Waals surface area (Å²) in [5.41, 5.74) is 1.25. The van der Waals surface area contributed by atoms with Crippen LogP contribution in [0.5, 0.6) is 0 Å². The molecule has 1 N–H and O–H groups in total. The third kappa shape index (κ3) is 3.10. The van der Waals surface area contributed by atoms with Crippen LogP contribution in [-0.4, -0.2) is 6.04 Å². The van der Waals surface area contributed by atoms with Crippen molar-refractivity contribution in [3.05, 3.63) is 24.2 Å². The molecule has 1 fully saturated rings. The number of nitrogens with one attached hydrogen (secondary N) is 1. The van der Waals surface area contributed by atoms with E-state index in [0.717, 1.165) is 5.92 Å². The molecule has 84 valence electrons. The molecular weight excluding hydrogens is 186 g/mol. The fourth-order valence-corrected chi connectivity index (χ4v) is 2.08. The highest BCUT2D eigenvalue weighted by Gasteiger charge is 2.25. The highest BCUT2D eigenvalue weighted by molar-refractivity contribution is 5.10. The van der Waals surface area contributed by atoms with Crippen molar-refractivity contribution in [3.8, 4) is 0 Å². The van der Waals surface area contributed by atoms with Gasteiger partial charge in [-0.15, -0.1) is 0 Å². The van der Waals surface area contributed by atoms with Gasteiger partial charge >= 0.3 is 0 Å². The predicted octanol–water partition coefficient (Wildman–Crippen LogP) is 3.51. The fraction of sp³-hybridized carbons (Fsp3) is 0.692. The van der Waals surface area contributed by atoms with Crippen molar-refractivity contribution in [1.29, 1.82) is 0 Å². The Balaban J connectivity index is 1.82. The minimum atomic E-state index is 0.410. The van der Waals surface area contributed by atoms with Gasteiger partial charge in [0.1, 0.15) is 0 Å². The standard InChI is InChI=1S/C13H21NO/c1-3-13(8-11-4-5-11)14-10(2)12-6-7-15-9-12/h6-7,9-11,13-14H,3-5,8H2,1-2H3. The molecule has 2 atom stereocenters. The van der Waals surface area contributed by atoms with Crippen LogP contribution in [-0.2, 0) is 0 Å². The van der Waals surface area contributed by atoms with E-state index in [1.807, 2.05) is 12.3 Å². The fourth-order valence-electron chi connectivity index (χ4n) is 2.08. The van der Waals surface area contributed by atoms with E-state index in [2.05, 4.69) is 19.2 Å². The third-order valence-corrected chi connectivity index (χ3v) is 3.34. The Hall–Kier alpha value is -0.760. The van der Waals surface area contributed by atoms with E-state index in [-0.39, 0.29) is 0 Å². The maximum Gasteiger partial charge on any atom is 0.0950 e. The molecule has 0 spiro atoms. The molecule has 0 saturated heterocycles. The van der Waals surface area contributed by atoms with Gasteiger partial charge in [0.2, 0.25) is 0 Å². The molecule has 2 unspecified atom stereocenters. The molecule has 1 aliphatic carbocycles. The first kappa shape index (κ1) is 10.7. The average molecular weight is 207 g/mol. The van der Waals surface area contributed by atoms with Crippen molar-refractivity contribution in [2.24, 2.45) is 5.92 Å². The van der Waals surface area contributed by atoms with E-state index >= 15 is 0 Å². The summed E-state index contributed by atoms with van der Waals surface area (Å²) >= 11 is 0.